The number of rotatable bonds is 5. The van der Waals surface area contributed by atoms with Crippen molar-refractivity contribution >= 4 is 50.9 Å². The number of thiazole rings is 1. The summed E-state index contributed by atoms with van der Waals surface area (Å²) in [7, 11) is 1.56. The number of carboxylic acid groups (broad SMARTS) is 1. The third-order valence-corrected chi connectivity index (χ3v) is 5.62. The SMILES string of the molecule is CN(C(=O)CSc1nc2ccccc2s1)c1ccccc1C(=O)[O-]. The zero-order chi connectivity index (χ0) is 17.1. The second-order valence-electron chi connectivity index (χ2n) is 4.99. The fraction of sp³-hybridized carbons (Fsp3) is 0.118. The van der Waals surface area contributed by atoms with Gasteiger partial charge in [0.15, 0.2) is 4.34 Å². The Hall–Kier alpha value is -2.38. The van der Waals surface area contributed by atoms with E-state index >= 15 is 0 Å². The van der Waals surface area contributed by atoms with Crippen LogP contribution in [0.25, 0.3) is 10.2 Å². The molecule has 2 aromatic carbocycles. The van der Waals surface area contributed by atoms with Crippen LogP contribution in [-0.2, 0) is 4.79 Å². The Morgan fingerprint density at radius 3 is 2.62 bits per heavy atom. The van der Waals surface area contributed by atoms with Gasteiger partial charge in [0, 0.05) is 12.6 Å². The number of nitrogens with zero attached hydrogens (tertiary/aromatic N) is 2. The molecule has 0 atom stereocenters. The van der Waals surface area contributed by atoms with Crippen molar-refractivity contribution in [2.24, 2.45) is 0 Å². The lowest BCUT2D eigenvalue weighted by atomic mass is 10.1. The van der Waals surface area contributed by atoms with Crippen LogP contribution < -0.4 is 10.0 Å². The van der Waals surface area contributed by atoms with E-state index in [1.54, 1.807) is 25.2 Å². The number of carbonyl (C=O) groups excluding carboxylic acids is 2. The maximum Gasteiger partial charge on any atom is 0.237 e. The molecule has 0 fully saturated rings. The number of amides is 1. The summed E-state index contributed by atoms with van der Waals surface area (Å²) in [5.41, 5.74) is 1.24. The molecule has 0 aliphatic carbocycles. The number of carboxylic acids is 1. The molecule has 0 N–H and O–H groups in total. The Morgan fingerprint density at radius 2 is 1.88 bits per heavy atom. The molecule has 0 aliphatic rings. The van der Waals surface area contributed by atoms with Crippen molar-refractivity contribution in [2.45, 2.75) is 4.34 Å². The smallest absolute Gasteiger partial charge is 0.237 e. The molecule has 1 heterocycles. The first-order valence-corrected chi connectivity index (χ1v) is 8.92. The zero-order valence-corrected chi connectivity index (χ0v) is 14.4. The number of para-hydroxylation sites is 2. The summed E-state index contributed by atoms with van der Waals surface area (Å²) in [6.45, 7) is 0. The van der Waals surface area contributed by atoms with Crippen LogP contribution in [0.4, 0.5) is 5.69 Å². The van der Waals surface area contributed by atoms with Gasteiger partial charge in [-0.3, -0.25) is 4.79 Å². The van der Waals surface area contributed by atoms with Gasteiger partial charge in [-0.05, 0) is 18.2 Å². The third-order valence-electron chi connectivity index (χ3n) is 3.45. The molecular formula is C17H13N2O3S2-. The molecule has 0 radical (unpaired) electrons. The lowest BCUT2D eigenvalue weighted by Gasteiger charge is -2.20. The van der Waals surface area contributed by atoms with Gasteiger partial charge >= 0.3 is 0 Å². The van der Waals surface area contributed by atoms with E-state index in [0.717, 1.165) is 14.6 Å². The van der Waals surface area contributed by atoms with Crippen LogP contribution in [0.15, 0.2) is 52.9 Å². The van der Waals surface area contributed by atoms with Crippen LogP contribution in [-0.4, -0.2) is 29.7 Å². The van der Waals surface area contributed by atoms with E-state index in [1.165, 1.54) is 34.1 Å². The van der Waals surface area contributed by atoms with Crippen LogP contribution in [0.1, 0.15) is 10.4 Å². The normalized spacial score (nSPS) is 10.7. The molecule has 1 aromatic heterocycles. The van der Waals surface area contributed by atoms with Crippen molar-refractivity contribution in [1.29, 1.82) is 0 Å². The van der Waals surface area contributed by atoms with Crippen molar-refractivity contribution in [3.05, 3.63) is 54.1 Å². The molecule has 122 valence electrons. The topological polar surface area (TPSA) is 73.3 Å². The van der Waals surface area contributed by atoms with Gasteiger partial charge in [-0.2, -0.15) is 0 Å². The Kier molecular flexibility index (Phi) is 4.82. The summed E-state index contributed by atoms with van der Waals surface area (Å²) < 4.78 is 1.88. The first-order valence-electron chi connectivity index (χ1n) is 7.11. The number of hydrogen-bond donors (Lipinski definition) is 0. The minimum Gasteiger partial charge on any atom is -0.545 e. The Balaban J connectivity index is 1.71. The summed E-state index contributed by atoms with van der Waals surface area (Å²) >= 11 is 2.88. The molecule has 0 aliphatic heterocycles. The van der Waals surface area contributed by atoms with Crippen LogP contribution in [0.2, 0.25) is 0 Å². The molecule has 7 heteroatoms. The summed E-state index contributed by atoms with van der Waals surface area (Å²) in [5.74, 6) is -1.32. The van der Waals surface area contributed by atoms with E-state index in [1.807, 2.05) is 24.3 Å². The van der Waals surface area contributed by atoms with Gasteiger partial charge in [0.05, 0.1) is 27.6 Å². The second kappa shape index (κ2) is 7.02. The Bertz CT molecular complexity index is 874. The molecule has 0 bridgehead atoms. The molecule has 1 amide bonds. The van der Waals surface area contributed by atoms with Gasteiger partial charge in [-0.1, -0.05) is 42.1 Å². The Morgan fingerprint density at radius 1 is 1.17 bits per heavy atom. The average molecular weight is 357 g/mol. The number of fused-ring (bicyclic) bond motifs is 1. The molecule has 0 saturated carbocycles. The molecule has 0 saturated heterocycles. The Labute approximate surface area is 146 Å². The maximum absolute atomic E-state index is 12.4. The van der Waals surface area contributed by atoms with Gasteiger partial charge in [0.2, 0.25) is 5.91 Å². The number of aromatic carboxylic acids is 1. The number of benzene rings is 2. The standard InChI is InChI=1S/C17H14N2O3S2/c1-19(13-8-4-2-6-11(13)16(21)22)15(20)10-23-17-18-12-7-3-5-9-14(12)24-17/h2-9H,10H2,1H3,(H,21,22)/p-1. The molecule has 24 heavy (non-hydrogen) atoms. The fourth-order valence-electron chi connectivity index (χ4n) is 2.21. The van der Waals surface area contributed by atoms with Gasteiger partial charge in [-0.15, -0.1) is 11.3 Å². The first kappa shape index (κ1) is 16.5. The highest BCUT2D eigenvalue weighted by molar-refractivity contribution is 8.01. The molecule has 0 spiro atoms. The minimum atomic E-state index is -1.30. The van der Waals surface area contributed by atoms with Gasteiger partial charge in [0.25, 0.3) is 0 Å². The summed E-state index contributed by atoms with van der Waals surface area (Å²) in [4.78, 5) is 29.3. The van der Waals surface area contributed by atoms with Gasteiger partial charge in [0.1, 0.15) is 0 Å². The molecule has 0 unspecified atom stereocenters. The lowest BCUT2D eigenvalue weighted by Crippen LogP contribution is -2.32. The maximum atomic E-state index is 12.4. The van der Waals surface area contributed by atoms with Crippen LogP contribution in [0.5, 0.6) is 0 Å². The third kappa shape index (κ3) is 3.42. The molecular weight excluding hydrogens is 344 g/mol. The zero-order valence-electron chi connectivity index (χ0n) is 12.8. The average Bonchev–Trinajstić information content (AvgIpc) is 3.02. The van der Waals surface area contributed by atoms with Gasteiger partial charge in [-0.25, -0.2) is 4.98 Å². The van der Waals surface area contributed by atoms with Crippen molar-refractivity contribution in [1.82, 2.24) is 4.98 Å². The summed E-state index contributed by atoms with van der Waals surface area (Å²) in [6.07, 6.45) is 0. The van der Waals surface area contributed by atoms with Crippen LogP contribution in [0, 0.1) is 0 Å². The fourth-order valence-corrected chi connectivity index (χ4v) is 4.19. The quantitative estimate of drug-likeness (QED) is 0.656. The predicted molar refractivity (Wildman–Crippen MR) is 94.5 cm³/mol. The molecule has 5 nitrogen and oxygen atoms in total. The number of carbonyl (C=O) groups is 2. The van der Waals surface area contributed by atoms with Crippen LogP contribution in [0.3, 0.4) is 0 Å². The highest BCUT2D eigenvalue weighted by Crippen LogP contribution is 2.29. The van der Waals surface area contributed by atoms with E-state index < -0.39 is 5.97 Å². The summed E-state index contributed by atoms with van der Waals surface area (Å²) in [5, 5.41) is 11.2. The van der Waals surface area contributed by atoms with Crippen molar-refractivity contribution in [3.63, 3.8) is 0 Å². The van der Waals surface area contributed by atoms with Crippen molar-refractivity contribution < 1.29 is 14.7 Å². The van der Waals surface area contributed by atoms with E-state index in [4.69, 9.17) is 0 Å². The predicted octanol–water partition coefficient (Wildman–Crippen LogP) is 2.41. The van der Waals surface area contributed by atoms with Crippen molar-refractivity contribution in [3.8, 4) is 0 Å². The minimum absolute atomic E-state index is 0.00154. The largest absolute Gasteiger partial charge is 0.545 e. The second-order valence-corrected chi connectivity index (χ2v) is 7.25. The number of aromatic nitrogens is 1. The van der Waals surface area contributed by atoms with Crippen LogP contribution >= 0.6 is 23.1 Å². The number of thioether (sulfide) groups is 1. The highest BCUT2D eigenvalue weighted by Gasteiger charge is 2.16. The van der Waals surface area contributed by atoms with Gasteiger partial charge < -0.3 is 14.8 Å². The van der Waals surface area contributed by atoms with E-state index in [-0.39, 0.29) is 17.2 Å². The lowest BCUT2D eigenvalue weighted by molar-refractivity contribution is -0.254. The number of hydrogen-bond acceptors (Lipinski definition) is 6. The summed E-state index contributed by atoms with van der Waals surface area (Å²) in [6, 6.07) is 14.1. The molecule has 3 rings (SSSR count). The highest BCUT2D eigenvalue weighted by atomic mass is 32.2. The van der Waals surface area contributed by atoms with Crippen molar-refractivity contribution in [2.75, 3.05) is 17.7 Å². The van der Waals surface area contributed by atoms with E-state index in [2.05, 4.69) is 4.98 Å². The number of anilines is 1. The van der Waals surface area contributed by atoms with E-state index in [0.29, 0.717) is 5.69 Å². The first-order chi connectivity index (χ1) is 11.6. The monoisotopic (exact) mass is 357 g/mol. The van der Waals surface area contributed by atoms with E-state index in [9.17, 15) is 14.7 Å². The molecule has 3 aromatic rings.